The highest BCUT2D eigenvalue weighted by Crippen LogP contribution is 2.31. The number of carbonyl (C=O) groups excluding carboxylic acids is 1. The predicted octanol–water partition coefficient (Wildman–Crippen LogP) is 0.577. The summed E-state index contributed by atoms with van der Waals surface area (Å²) < 4.78 is 32.0. The molecule has 1 aromatic carbocycles. The van der Waals surface area contributed by atoms with E-state index in [1.807, 2.05) is 11.8 Å². The minimum absolute atomic E-state index is 0.00395. The average molecular weight is 412 g/mol. The first-order valence-corrected chi connectivity index (χ1v) is 10.5. The van der Waals surface area contributed by atoms with Crippen LogP contribution in [-0.4, -0.2) is 73.8 Å². The van der Waals surface area contributed by atoms with Crippen molar-refractivity contribution in [2.45, 2.75) is 36.7 Å². The molecule has 28 heavy (non-hydrogen) atoms. The highest BCUT2D eigenvalue weighted by atomic mass is 32.2. The van der Waals surface area contributed by atoms with E-state index in [0.29, 0.717) is 13.1 Å². The summed E-state index contributed by atoms with van der Waals surface area (Å²) in [7, 11) is -2.59. The van der Waals surface area contributed by atoms with Crippen LogP contribution < -0.4 is 10.1 Å². The van der Waals surface area contributed by atoms with E-state index < -0.39 is 20.6 Å². The normalized spacial score (nSPS) is 19.8. The predicted molar refractivity (Wildman–Crippen MR) is 101 cm³/mol. The van der Waals surface area contributed by atoms with E-state index in [0.717, 1.165) is 18.9 Å². The summed E-state index contributed by atoms with van der Waals surface area (Å²) in [6.45, 7) is 3.06. The first kappa shape index (κ1) is 20.5. The van der Waals surface area contributed by atoms with E-state index in [2.05, 4.69) is 5.32 Å². The van der Waals surface area contributed by atoms with Gasteiger partial charge in [0, 0.05) is 38.3 Å². The number of rotatable bonds is 7. The molecule has 1 aliphatic heterocycles. The van der Waals surface area contributed by atoms with Gasteiger partial charge in [-0.3, -0.25) is 19.8 Å². The molecule has 1 N–H and O–H groups in total. The molecule has 1 saturated carbocycles. The summed E-state index contributed by atoms with van der Waals surface area (Å²) in [5.41, 5.74) is -0.396. The number of nitro benzene ring substituents is 1. The minimum Gasteiger partial charge on any atom is -0.490 e. The zero-order valence-electron chi connectivity index (χ0n) is 15.8. The number of nitrogens with one attached hydrogen (secondary N) is 1. The van der Waals surface area contributed by atoms with Gasteiger partial charge in [-0.2, -0.15) is 4.31 Å². The molecule has 10 nitrogen and oxygen atoms in total. The molecule has 0 aromatic heterocycles. The van der Waals surface area contributed by atoms with Gasteiger partial charge in [0.1, 0.15) is 0 Å². The van der Waals surface area contributed by atoms with Crippen molar-refractivity contribution in [2.75, 3.05) is 33.3 Å². The van der Waals surface area contributed by atoms with Crippen molar-refractivity contribution in [1.29, 1.82) is 0 Å². The number of hydrogen-bond acceptors (Lipinski definition) is 7. The third kappa shape index (κ3) is 4.26. The fourth-order valence-corrected chi connectivity index (χ4v) is 4.61. The molecule has 2 aliphatic rings. The Hall–Kier alpha value is -2.24. The maximum Gasteiger partial charge on any atom is 0.312 e. The van der Waals surface area contributed by atoms with Crippen molar-refractivity contribution < 1.29 is 22.9 Å². The molecule has 0 spiro atoms. The number of nitro groups is 1. The maximum atomic E-state index is 12.9. The molecule has 154 valence electrons. The summed E-state index contributed by atoms with van der Waals surface area (Å²) in [5, 5.41) is 14.1. The maximum absolute atomic E-state index is 12.9. The second kappa shape index (κ2) is 8.02. The number of ether oxygens (including phenoxy) is 1. The largest absolute Gasteiger partial charge is 0.490 e. The molecule has 1 amide bonds. The van der Waals surface area contributed by atoms with Crippen molar-refractivity contribution in [1.82, 2.24) is 14.5 Å². The zero-order valence-corrected chi connectivity index (χ0v) is 16.6. The molecule has 0 radical (unpaired) electrons. The van der Waals surface area contributed by atoms with Gasteiger partial charge in [0.15, 0.2) is 5.75 Å². The molecule has 1 aliphatic carbocycles. The second-order valence-corrected chi connectivity index (χ2v) is 8.93. The Morgan fingerprint density at radius 3 is 2.46 bits per heavy atom. The van der Waals surface area contributed by atoms with Crippen LogP contribution in [0.3, 0.4) is 0 Å². The van der Waals surface area contributed by atoms with Crippen molar-refractivity contribution in [3.8, 4) is 5.75 Å². The minimum atomic E-state index is -3.88. The van der Waals surface area contributed by atoms with E-state index in [4.69, 9.17) is 4.74 Å². The molecule has 1 aromatic rings. The SMILES string of the molecule is COc1ccc(S(=O)(=O)N2CCN(C(C)C(=O)NC3CC3)CC2)cc1[N+](=O)[O-]. The number of amides is 1. The van der Waals surface area contributed by atoms with Crippen LogP contribution in [0.15, 0.2) is 23.1 Å². The summed E-state index contributed by atoms with van der Waals surface area (Å²) in [5.74, 6) is -0.0335. The smallest absolute Gasteiger partial charge is 0.312 e. The van der Waals surface area contributed by atoms with E-state index in [9.17, 15) is 23.3 Å². The molecule has 1 heterocycles. The van der Waals surface area contributed by atoms with Crippen molar-refractivity contribution >= 4 is 21.6 Å². The molecule has 0 bridgehead atoms. The van der Waals surface area contributed by atoms with Crippen LogP contribution in [0.5, 0.6) is 5.75 Å². The Bertz CT molecular complexity index is 862. The Morgan fingerprint density at radius 2 is 1.93 bits per heavy atom. The van der Waals surface area contributed by atoms with E-state index in [1.165, 1.54) is 23.5 Å². The number of methoxy groups -OCH3 is 1. The van der Waals surface area contributed by atoms with Gasteiger partial charge in [-0.1, -0.05) is 0 Å². The zero-order chi connectivity index (χ0) is 20.5. The Kier molecular flexibility index (Phi) is 5.87. The van der Waals surface area contributed by atoms with Crippen molar-refractivity contribution in [2.24, 2.45) is 0 Å². The Balaban J connectivity index is 1.68. The van der Waals surface area contributed by atoms with Crippen LogP contribution in [0.1, 0.15) is 19.8 Å². The standard InChI is InChI=1S/C17H24N4O6S/c1-12(17(22)18-13-3-4-13)19-7-9-20(10-8-19)28(25,26)14-5-6-16(27-2)15(11-14)21(23)24/h5-6,11-13H,3-4,7-10H2,1-2H3,(H,18,22). The lowest BCUT2D eigenvalue weighted by Gasteiger charge is -2.36. The van der Waals surface area contributed by atoms with Gasteiger partial charge in [-0.05, 0) is 31.9 Å². The van der Waals surface area contributed by atoms with Gasteiger partial charge in [0.2, 0.25) is 15.9 Å². The second-order valence-electron chi connectivity index (χ2n) is 6.99. The summed E-state index contributed by atoms with van der Waals surface area (Å²) in [4.78, 5) is 24.5. The summed E-state index contributed by atoms with van der Waals surface area (Å²) in [6, 6.07) is 3.56. The quantitative estimate of drug-likeness (QED) is 0.513. The van der Waals surface area contributed by atoms with Gasteiger partial charge in [0.05, 0.1) is 23.0 Å². The van der Waals surface area contributed by atoms with Crippen molar-refractivity contribution in [3.05, 3.63) is 28.3 Å². The van der Waals surface area contributed by atoms with Crippen LogP contribution in [0.4, 0.5) is 5.69 Å². The molecule has 1 unspecified atom stereocenters. The van der Waals surface area contributed by atoms with Crippen LogP contribution in [0, 0.1) is 10.1 Å². The molecular formula is C17H24N4O6S. The Labute approximate surface area is 163 Å². The summed E-state index contributed by atoms with van der Waals surface area (Å²) >= 11 is 0. The first-order valence-electron chi connectivity index (χ1n) is 9.11. The van der Waals surface area contributed by atoms with Gasteiger partial charge in [-0.15, -0.1) is 0 Å². The van der Waals surface area contributed by atoms with Crippen LogP contribution in [0.25, 0.3) is 0 Å². The van der Waals surface area contributed by atoms with Crippen molar-refractivity contribution in [3.63, 3.8) is 0 Å². The number of benzene rings is 1. The molecule has 2 fully saturated rings. The summed E-state index contributed by atoms with van der Waals surface area (Å²) in [6.07, 6.45) is 2.02. The lowest BCUT2D eigenvalue weighted by Crippen LogP contribution is -2.55. The number of nitrogens with zero attached hydrogens (tertiary/aromatic N) is 3. The van der Waals surface area contributed by atoms with Crippen LogP contribution in [-0.2, 0) is 14.8 Å². The number of piperazine rings is 1. The molecule has 11 heteroatoms. The Morgan fingerprint density at radius 1 is 1.29 bits per heavy atom. The third-order valence-electron chi connectivity index (χ3n) is 5.11. The lowest BCUT2D eigenvalue weighted by atomic mass is 10.2. The highest BCUT2D eigenvalue weighted by molar-refractivity contribution is 7.89. The van der Waals surface area contributed by atoms with Crippen LogP contribution in [0.2, 0.25) is 0 Å². The fraction of sp³-hybridized carbons (Fsp3) is 0.588. The molecule has 1 saturated heterocycles. The number of carbonyl (C=O) groups is 1. The molecule has 3 rings (SSSR count). The topological polar surface area (TPSA) is 122 Å². The number of sulfonamides is 1. The fourth-order valence-electron chi connectivity index (χ4n) is 3.17. The van der Waals surface area contributed by atoms with E-state index >= 15 is 0 Å². The van der Waals surface area contributed by atoms with Crippen LogP contribution >= 0.6 is 0 Å². The van der Waals surface area contributed by atoms with Gasteiger partial charge < -0.3 is 10.1 Å². The highest BCUT2D eigenvalue weighted by Gasteiger charge is 2.34. The first-order chi connectivity index (χ1) is 13.2. The molecule has 1 atom stereocenters. The third-order valence-corrected chi connectivity index (χ3v) is 7.00. The molecular weight excluding hydrogens is 388 g/mol. The monoisotopic (exact) mass is 412 g/mol. The lowest BCUT2D eigenvalue weighted by molar-refractivity contribution is -0.386. The average Bonchev–Trinajstić information content (AvgIpc) is 3.50. The van der Waals surface area contributed by atoms with Gasteiger partial charge in [0.25, 0.3) is 0 Å². The van der Waals surface area contributed by atoms with Gasteiger partial charge >= 0.3 is 5.69 Å². The van der Waals surface area contributed by atoms with Gasteiger partial charge in [-0.25, -0.2) is 8.42 Å². The van der Waals surface area contributed by atoms with E-state index in [-0.39, 0.29) is 41.7 Å². The number of hydrogen-bond donors (Lipinski definition) is 1. The van der Waals surface area contributed by atoms with E-state index in [1.54, 1.807) is 0 Å².